The maximum Gasteiger partial charge on any atom is 0.302 e. The topological polar surface area (TPSA) is 62.1 Å². The summed E-state index contributed by atoms with van der Waals surface area (Å²) < 4.78 is 13.2. The van der Waals surface area contributed by atoms with E-state index in [9.17, 15) is 9.59 Å². The van der Waals surface area contributed by atoms with E-state index in [-0.39, 0.29) is 35.4 Å². The summed E-state index contributed by atoms with van der Waals surface area (Å²) in [6.07, 6.45) is 9.48. The van der Waals surface area contributed by atoms with E-state index < -0.39 is 0 Å². The summed E-state index contributed by atoms with van der Waals surface area (Å²) in [5.41, 5.74) is 10.9. The van der Waals surface area contributed by atoms with Gasteiger partial charge in [0.1, 0.15) is 6.61 Å². The van der Waals surface area contributed by atoms with Crippen LogP contribution < -0.4 is 9.80 Å². The summed E-state index contributed by atoms with van der Waals surface area (Å²) >= 11 is 13.2. The van der Waals surface area contributed by atoms with Crippen molar-refractivity contribution in [3.8, 4) is 0 Å². The Morgan fingerprint density at radius 2 is 1.40 bits per heavy atom. The van der Waals surface area contributed by atoms with Gasteiger partial charge in [-0.1, -0.05) is 85.6 Å². The summed E-state index contributed by atoms with van der Waals surface area (Å²) in [6.45, 7) is 13.6. The van der Waals surface area contributed by atoms with Gasteiger partial charge in [-0.25, -0.2) is 0 Å². The van der Waals surface area contributed by atoms with Crippen LogP contribution >= 0.6 is 23.2 Å². The van der Waals surface area contributed by atoms with Crippen LogP contribution in [0.1, 0.15) is 71.9 Å². The zero-order chi connectivity index (χ0) is 41.2. The van der Waals surface area contributed by atoms with Crippen molar-refractivity contribution in [1.29, 1.82) is 0 Å². The molecular formula is C49H52Cl2N3O4+. The van der Waals surface area contributed by atoms with E-state index in [1.54, 1.807) is 0 Å². The molecule has 0 bridgehead atoms. The molecule has 7 rings (SSSR count). The highest BCUT2D eigenvalue weighted by Gasteiger charge is 2.46. The third kappa shape index (κ3) is 8.25. The first-order valence-electron chi connectivity index (χ1n) is 20.1. The summed E-state index contributed by atoms with van der Waals surface area (Å²) in [5.74, 6) is -0.578. The van der Waals surface area contributed by atoms with Gasteiger partial charge in [-0.15, -0.1) is 0 Å². The Morgan fingerprint density at radius 1 is 0.793 bits per heavy atom. The van der Waals surface area contributed by atoms with Gasteiger partial charge in [-0.3, -0.25) is 9.59 Å². The fraction of sp³-hybridized carbons (Fsp3) is 0.327. The first kappa shape index (κ1) is 41.1. The molecule has 2 aliphatic heterocycles. The molecule has 2 heterocycles. The number of anilines is 3. The number of halogens is 2. The molecule has 4 aromatic carbocycles. The van der Waals surface area contributed by atoms with Crippen LogP contribution in [0.4, 0.5) is 22.7 Å². The van der Waals surface area contributed by atoms with Gasteiger partial charge in [0.05, 0.1) is 17.7 Å². The van der Waals surface area contributed by atoms with E-state index in [1.807, 2.05) is 12.1 Å². The monoisotopic (exact) mass is 816 g/mol. The molecule has 0 aromatic heterocycles. The van der Waals surface area contributed by atoms with Crippen molar-refractivity contribution in [3.05, 3.63) is 153 Å². The number of rotatable bonds is 13. The number of carbonyl (C=O) groups excluding carboxylic acids is 2. The highest BCUT2D eigenvalue weighted by Crippen LogP contribution is 2.49. The van der Waals surface area contributed by atoms with Crippen LogP contribution in [-0.2, 0) is 29.9 Å². The van der Waals surface area contributed by atoms with Crippen molar-refractivity contribution >= 4 is 63.6 Å². The molecule has 0 amide bonds. The highest BCUT2D eigenvalue weighted by atomic mass is 35.5. The van der Waals surface area contributed by atoms with Crippen LogP contribution in [0.3, 0.4) is 0 Å². The maximum absolute atomic E-state index is 11.8. The summed E-state index contributed by atoms with van der Waals surface area (Å²) in [7, 11) is 0. The average molecular weight is 818 g/mol. The molecule has 7 nitrogen and oxygen atoms in total. The van der Waals surface area contributed by atoms with Crippen molar-refractivity contribution in [2.75, 3.05) is 36.1 Å². The summed E-state index contributed by atoms with van der Waals surface area (Å²) in [5, 5.41) is 1.40. The van der Waals surface area contributed by atoms with Gasteiger partial charge >= 0.3 is 11.9 Å². The number of fused-ring (bicyclic) bond motifs is 2. The minimum Gasteiger partial charge on any atom is -0.464 e. The Hall–Kier alpha value is -5.11. The number of allylic oxidation sites excluding steroid dienone is 4. The van der Waals surface area contributed by atoms with E-state index in [4.69, 9.17) is 32.7 Å². The predicted octanol–water partition coefficient (Wildman–Crippen LogP) is 11.4. The smallest absolute Gasteiger partial charge is 0.302 e. The van der Waals surface area contributed by atoms with E-state index in [0.29, 0.717) is 29.7 Å². The van der Waals surface area contributed by atoms with Crippen molar-refractivity contribution in [1.82, 2.24) is 0 Å². The zero-order valence-corrected chi connectivity index (χ0v) is 35.7. The molecule has 58 heavy (non-hydrogen) atoms. The normalized spacial score (nSPS) is 18.6. The van der Waals surface area contributed by atoms with Gasteiger partial charge < -0.3 is 19.3 Å². The van der Waals surface area contributed by atoms with E-state index in [0.717, 1.165) is 53.3 Å². The van der Waals surface area contributed by atoms with E-state index in [1.165, 1.54) is 36.3 Å². The minimum absolute atomic E-state index is 0.0951. The standard InChI is InChI=1S/C49H52Cl2N3O4/c1-33(55)57-29-27-52-43-23-21-37(50)31-41(43)48(3,4)45(52)25-19-35-17-18-36(47(35)54(39-13-9-7-10-14-39)40-15-11-8-12-16-40)20-26-46-49(5,6)42-32-38(51)22-24-44(42)53(46)28-30-58-34(2)56/h7-16,19-25,31-32,46H,17-18,26-30H2,1-6H3/q+1/b36-20+. The Balaban J connectivity index is 1.34. The molecule has 0 fully saturated rings. The molecule has 9 heteroatoms. The van der Waals surface area contributed by atoms with Crippen LogP contribution in [0, 0.1) is 0 Å². The molecule has 0 spiro atoms. The Labute approximate surface area is 352 Å². The Kier molecular flexibility index (Phi) is 12.0. The van der Waals surface area contributed by atoms with Gasteiger partial charge in [0.15, 0.2) is 18.9 Å². The summed E-state index contributed by atoms with van der Waals surface area (Å²) in [4.78, 5) is 28.4. The first-order valence-corrected chi connectivity index (χ1v) is 20.8. The number of nitrogens with zero attached hydrogens (tertiary/aromatic N) is 3. The fourth-order valence-corrected chi connectivity index (χ4v) is 9.37. The maximum atomic E-state index is 11.8. The van der Waals surface area contributed by atoms with E-state index in [2.05, 4.69) is 145 Å². The molecule has 1 aliphatic carbocycles. The molecule has 300 valence electrons. The van der Waals surface area contributed by atoms with Gasteiger partial charge in [-0.2, -0.15) is 4.58 Å². The SMILES string of the molecule is CC(=O)OCCN1c2ccc(Cl)cc2C(C)(C)C1C/C=C1\CCC(/C=C/C2=[N+](CCOC(C)=O)c3ccc(Cl)cc3C2(C)C)=C1N(c1ccccc1)c1ccccc1. The number of esters is 2. The third-order valence-electron chi connectivity index (χ3n) is 11.8. The van der Waals surface area contributed by atoms with Gasteiger partial charge in [0.25, 0.3) is 0 Å². The average Bonchev–Trinajstić information content (AvgIpc) is 3.74. The second-order valence-corrected chi connectivity index (χ2v) is 17.1. The number of benzene rings is 4. The molecule has 0 saturated heterocycles. The lowest BCUT2D eigenvalue weighted by Crippen LogP contribution is -2.42. The molecule has 0 saturated carbocycles. The quantitative estimate of drug-likeness (QED) is 0.0989. The summed E-state index contributed by atoms with van der Waals surface area (Å²) in [6, 6.07) is 33.4. The predicted molar refractivity (Wildman–Crippen MR) is 236 cm³/mol. The molecule has 0 radical (unpaired) electrons. The zero-order valence-electron chi connectivity index (χ0n) is 34.2. The lowest BCUT2D eigenvalue weighted by Gasteiger charge is -2.34. The van der Waals surface area contributed by atoms with Gasteiger partial charge in [-0.05, 0) is 104 Å². The second kappa shape index (κ2) is 17.0. The number of para-hydroxylation sites is 2. The molecule has 3 aliphatic rings. The molecule has 4 aromatic rings. The molecule has 1 unspecified atom stereocenters. The third-order valence-corrected chi connectivity index (χ3v) is 12.3. The van der Waals surface area contributed by atoms with Crippen LogP contribution in [-0.4, -0.2) is 54.6 Å². The van der Waals surface area contributed by atoms with Gasteiger partial charge in [0, 0.05) is 70.1 Å². The largest absolute Gasteiger partial charge is 0.464 e. The number of carbonyl (C=O) groups is 2. The van der Waals surface area contributed by atoms with Crippen LogP contribution in [0.25, 0.3) is 0 Å². The minimum atomic E-state index is -0.356. The number of hydrogen-bond acceptors (Lipinski definition) is 6. The molecule has 0 N–H and O–H groups in total. The highest BCUT2D eigenvalue weighted by molar-refractivity contribution is 6.31. The molecular weight excluding hydrogens is 765 g/mol. The number of hydrogen-bond donors (Lipinski definition) is 0. The van der Waals surface area contributed by atoms with Crippen LogP contribution in [0.15, 0.2) is 132 Å². The van der Waals surface area contributed by atoms with Crippen molar-refractivity contribution < 1.29 is 23.6 Å². The van der Waals surface area contributed by atoms with Gasteiger partial charge in [0.2, 0.25) is 5.69 Å². The first-order chi connectivity index (χ1) is 27.8. The van der Waals surface area contributed by atoms with Crippen molar-refractivity contribution in [2.45, 2.75) is 77.7 Å². The lowest BCUT2D eigenvalue weighted by atomic mass is 9.79. The Morgan fingerprint density at radius 3 is 2.03 bits per heavy atom. The molecule has 1 atom stereocenters. The van der Waals surface area contributed by atoms with Crippen molar-refractivity contribution in [2.24, 2.45) is 0 Å². The van der Waals surface area contributed by atoms with Crippen LogP contribution in [0.5, 0.6) is 0 Å². The fourth-order valence-electron chi connectivity index (χ4n) is 9.02. The van der Waals surface area contributed by atoms with Crippen molar-refractivity contribution in [3.63, 3.8) is 0 Å². The van der Waals surface area contributed by atoms with Crippen LogP contribution in [0.2, 0.25) is 10.0 Å². The number of ether oxygens (including phenoxy) is 2. The van der Waals surface area contributed by atoms with E-state index >= 15 is 0 Å². The second-order valence-electron chi connectivity index (χ2n) is 16.3. The lowest BCUT2D eigenvalue weighted by molar-refractivity contribution is -0.440. The Bertz CT molecular complexity index is 2290.